The molecule has 1 aromatic heterocycles. The number of nitrogens with zero attached hydrogens (tertiary/aromatic N) is 3. The van der Waals surface area contributed by atoms with Gasteiger partial charge in [0.1, 0.15) is 11.7 Å². The summed E-state index contributed by atoms with van der Waals surface area (Å²) < 4.78 is 0. The van der Waals surface area contributed by atoms with Crippen LogP contribution in [0.15, 0.2) is 12.3 Å². The zero-order chi connectivity index (χ0) is 13.1. The summed E-state index contributed by atoms with van der Waals surface area (Å²) in [5.41, 5.74) is 0.411. The average molecular weight is 251 g/mol. The second kappa shape index (κ2) is 5.18. The van der Waals surface area contributed by atoms with E-state index in [2.05, 4.69) is 15.5 Å². The first kappa shape index (κ1) is 12.6. The van der Waals surface area contributed by atoms with Crippen molar-refractivity contribution < 1.29 is 9.59 Å². The van der Waals surface area contributed by atoms with Crippen LogP contribution in [0.1, 0.15) is 10.5 Å². The van der Waals surface area contributed by atoms with Gasteiger partial charge in [-0.25, -0.2) is 0 Å². The van der Waals surface area contributed by atoms with Crippen molar-refractivity contribution in [3.8, 4) is 0 Å². The number of likely N-dealkylation sites (N-methyl/N-ethyl adjacent to an activating group) is 1. The highest BCUT2D eigenvalue weighted by Crippen LogP contribution is 2.10. The molecule has 2 amide bonds. The van der Waals surface area contributed by atoms with Gasteiger partial charge in [-0.2, -0.15) is 5.10 Å². The predicted molar refractivity (Wildman–Crippen MR) is 65.0 cm³/mol. The van der Waals surface area contributed by atoms with Crippen LogP contribution in [0.2, 0.25) is 0 Å². The fraction of sp³-hybridized carbons (Fsp3) is 0.545. The zero-order valence-corrected chi connectivity index (χ0v) is 10.5. The molecule has 98 valence electrons. The quantitative estimate of drug-likeness (QED) is 0.700. The van der Waals surface area contributed by atoms with Gasteiger partial charge < -0.3 is 15.1 Å². The van der Waals surface area contributed by atoms with E-state index in [4.69, 9.17) is 0 Å². The minimum atomic E-state index is -0.454. The summed E-state index contributed by atoms with van der Waals surface area (Å²) in [6.45, 7) is 1.69. The van der Waals surface area contributed by atoms with Crippen LogP contribution in [0.5, 0.6) is 0 Å². The van der Waals surface area contributed by atoms with Gasteiger partial charge in [0.25, 0.3) is 5.91 Å². The molecule has 0 bridgehead atoms. The van der Waals surface area contributed by atoms with Crippen molar-refractivity contribution >= 4 is 11.8 Å². The molecular weight excluding hydrogens is 234 g/mol. The van der Waals surface area contributed by atoms with Gasteiger partial charge in [0.05, 0.1) is 0 Å². The monoisotopic (exact) mass is 251 g/mol. The molecule has 1 aliphatic rings. The number of carbonyl (C=O) groups excluding carboxylic acids is 2. The Labute approximate surface area is 105 Å². The van der Waals surface area contributed by atoms with E-state index in [0.29, 0.717) is 25.3 Å². The van der Waals surface area contributed by atoms with Crippen molar-refractivity contribution in [2.75, 3.05) is 33.7 Å². The Bertz CT molecular complexity index is 429. The lowest BCUT2D eigenvalue weighted by Crippen LogP contribution is -2.59. The highest BCUT2D eigenvalue weighted by Gasteiger charge is 2.33. The summed E-state index contributed by atoms with van der Waals surface area (Å²) >= 11 is 0. The minimum Gasteiger partial charge on any atom is -0.347 e. The number of piperazine rings is 1. The SMILES string of the molecule is CN(C)C(=O)C1CNCCN1C(=O)c1ccn[nH]1. The molecule has 1 atom stereocenters. The largest absolute Gasteiger partial charge is 0.347 e. The molecule has 1 aromatic rings. The van der Waals surface area contributed by atoms with Crippen LogP contribution in [-0.4, -0.2) is 71.6 Å². The minimum absolute atomic E-state index is 0.0740. The lowest BCUT2D eigenvalue weighted by atomic mass is 10.1. The van der Waals surface area contributed by atoms with Crippen LogP contribution in [0.4, 0.5) is 0 Å². The number of aromatic amines is 1. The van der Waals surface area contributed by atoms with E-state index in [-0.39, 0.29) is 11.8 Å². The van der Waals surface area contributed by atoms with E-state index in [9.17, 15) is 9.59 Å². The van der Waals surface area contributed by atoms with Crippen LogP contribution in [-0.2, 0) is 4.79 Å². The van der Waals surface area contributed by atoms with Crippen molar-refractivity contribution in [1.82, 2.24) is 25.3 Å². The smallest absolute Gasteiger partial charge is 0.272 e. The first-order valence-corrected chi connectivity index (χ1v) is 5.83. The fourth-order valence-electron chi connectivity index (χ4n) is 2.00. The Kier molecular flexibility index (Phi) is 3.61. The lowest BCUT2D eigenvalue weighted by Gasteiger charge is -2.36. The Balaban J connectivity index is 2.18. The van der Waals surface area contributed by atoms with Gasteiger partial charge in [0.15, 0.2) is 0 Å². The molecular formula is C11H17N5O2. The van der Waals surface area contributed by atoms with Gasteiger partial charge >= 0.3 is 0 Å². The molecule has 7 nitrogen and oxygen atoms in total. The first-order chi connectivity index (χ1) is 8.61. The maximum absolute atomic E-state index is 12.3. The molecule has 2 N–H and O–H groups in total. The van der Waals surface area contributed by atoms with Crippen molar-refractivity contribution in [3.63, 3.8) is 0 Å². The highest BCUT2D eigenvalue weighted by molar-refractivity contribution is 5.96. The molecule has 7 heteroatoms. The summed E-state index contributed by atoms with van der Waals surface area (Å²) in [4.78, 5) is 27.4. The summed E-state index contributed by atoms with van der Waals surface area (Å²) in [5.74, 6) is -0.260. The van der Waals surface area contributed by atoms with Gasteiger partial charge in [-0.05, 0) is 6.07 Å². The van der Waals surface area contributed by atoms with E-state index in [0.717, 1.165) is 0 Å². The molecule has 18 heavy (non-hydrogen) atoms. The molecule has 2 rings (SSSR count). The molecule has 0 aromatic carbocycles. The van der Waals surface area contributed by atoms with Crippen LogP contribution in [0.3, 0.4) is 0 Å². The number of carbonyl (C=O) groups is 2. The Morgan fingerprint density at radius 2 is 2.28 bits per heavy atom. The number of hydrogen-bond acceptors (Lipinski definition) is 4. The molecule has 1 unspecified atom stereocenters. The summed E-state index contributed by atoms with van der Waals surface area (Å²) in [7, 11) is 3.38. The summed E-state index contributed by atoms with van der Waals surface area (Å²) in [6, 6.07) is 1.16. The number of hydrogen-bond donors (Lipinski definition) is 2. The third kappa shape index (κ3) is 2.35. The number of nitrogens with one attached hydrogen (secondary N) is 2. The van der Waals surface area contributed by atoms with Gasteiger partial charge in [0.2, 0.25) is 5.91 Å². The molecule has 2 heterocycles. The topological polar surface area (TPSA) is 81.3 Å². The predicted octanol–water partition coefficient (Wildman–Crippen LogP) is -1.09. The Morgan fingerprint density at radius 1 is 1.50 bits per heavy atom. The molecule has 0 aliphatic carbocycles. The second-order valence-electron chi connectivity index (χ2n) is 4.42. The number of aromatic nitrogens is 2. The van der Waals surface area contributed by atoms with Gasteiger partial charge in [-0.3, -0.25) is 14.7 Å². The van der Waals surface area contributed by atoms with Crippen molar-refractivity contribution in [1.29, 1.82) is 0 Å². The molecule has 0 saturated carbocycles. The molecule has 0 spiro atoms. The summed E-state index contributed by atoms with van der Waals surface area (Å²) in [6.07, 6.45) is 1.53. The van der Waals surface area contributed by atoms with Crippen LogP contribution in [0.25, 0.3) is 0 Å². The van der Waals surface area contributed by atoms with E-state index in [1.165, 1.54) is 11.1 Å². The maximum Gasteiger partial charge on any atom is 0.272 e. The van der Waals surface area contributed by atoms with Gasteiger partial charge in [-0.15, -0.1) is 0 Å². The van der Waals surface area contributed by atoms with E-state index >= 15 is 0 Å². The lowest BCUT2D eigenvalue weighted by molar-refractivity contribution is -0.134. The van der Waals surface area contributed by atoms with Crippen molar-refractivity contribution in [3.05, 3.63) is 18.0 Å². The Morgan fingerprint density at radius 3 is 2.89 bits per heavy atom. The summed E-state index contributed by atoms with van der Waals surface area (Å²) in [5, 5.41) is 9.53. The first-order valence-electron chi connectivity index (χ1n) is 5.83. The standard InChI is InChI=1S/C11H17N5O2/c1-15(2)11(18)9-7-12-5-6-16(9)10(17)8-3-4-13-14-8/h3-4,9,12H,5-7H2,1-2H3,(H,13,14). The van der Waals surface area contributed by atoms with E-state index in [1.807, 2.05) is 0 Å². The van der Waals surface area contributed by atoms with Crippen LogP contribution < -0.4 is 5.32 Å². The zero-order valence-electron chi connectivity index (χ0n) is 10.5. The fourth-order valence-corrected chi connectivity index (χ4v) is 2.00. The van der Waals surface area contributed by atoms with Crippen molar-refractivity contribution in [2.45, 2.75) is 6.04 Å². The number of H-pyrrole nitrogens is 1. The van der Waals surface area contributed by atoms with E-state index < -0.39 is 6.04 Å². The number of rotatable bonds is 2. The molecule has 0 radical (unpaired) electrons. The Hall–Kier alpha value is -1.89. The third-order valence-electron chi connectivity index (χ3n) is 2.96. The second-order valence-corrected chi connectivity index (χ2v) is 4.42. The van der Waals surface area contributed by atoms with E-state index in [1.54, 1.807) is 25.1 Å². The van der Waals surface area contributed by atoms with Gasteiger partial charge in [-0.1, -0.05) is 0 Å². The number of amides is 2. The molecule has 1 fully saturated rings. The van der Waals surface area contributed by atoms with Crippen LogP contribution >= 0.6 is 0 Å². The molecule has 1 saturated heterocycles. The van der Waals surface area contributed by atoms with Crippen molar-refractivity contribution in [2.24, 2.45) is 0 Å². The maximum atomic E-state index is 12.3. The van der Waals surface area contributed by atoms with Crippen LogP contribution in [0, 0.1) is 0 Å². The molecule has 1 aliphatic heterocycles. The average Bonchev–Trinajstić information content (AvgIpc) is 2.90. The van der Waals surface area contributed by atoms with Gasteiger partial charge in [0, 0.05) is 39.9 Å². The third-order valence-corrected chi connectivity index (χ3v) is 2.96. The normalized spacial score (nSPS) is 19.7. The highest BCUT2D eigenvalue weighted by atomic mass is 16.2.